The molecule has 5 heteroatoms. The van der Waals surface area contributed by atoms with Gasteiger partial charge in [-0.3, -0.25) is 0 Å². The summed E-state index contributed by atoms with van der Waals surface area (Å²) in [6.45, 7) is 5.93. The van der Waals surface area contributed by atoms with Crippen molar-refractivity contribution in [1.82, 2.24) is 4.90 Å². The van der Waals surface area contributed by atoms with Gasteiger partial charge in [0.1, 0.15) is 0 Å². The van der Waals surface area contributed by atoms with Crippen molar-refractivity contribution in [2.75, 3.05) is 25.0 Å². The summed E-state index contributed by atoms with van der Waals surface area (Å²) in [5, 5.41) is 12.4. The van der Waals surface area contributed by atoms with E-state index >= 15 is 0 Å². The van der Waals surface area contributed by atoms with E-state index in [4.69, 9.17) is 10.00 Å². The first kappa shape index (κ1) is 16.2. The van der Waals surface area contributed by atoms with Crippen LogP contribution in [-0.2, 0) is 4.74 Å². The minimum atomic E-state index is -0.210. The van der Waals surface area contributed by atoms with Gasteiger partial charge in [0.15, 0.2) is 0 Å². The lowest BCUT2D eigenvalue weighted by Crippen LogP contribution is -2.42. The largest absolute Gasteiger partial charge is 0.449 e. The van der Waals surface area contributed by atoms with Gasteiger partial charge in [0.05, 0.1) is 18.2 Å². The Morgan fingerprint density at radius 2 is 2.18 bits per heavy atom. The number of piperidine rings is 1. The van der Waals surface area contributed by atoms with Crippen molar-refractivity contribution in [3.8, 4) is 6.07 Å². The lowest BCUT2D eigenvalue weighted by atomic mass is 10.0. The van der Waals surface area contributed by atoms with Crippen molar-refractivity contribution in [2.24, 2.45) is 5.92 Å². The molecule has 2 rings (SSSR count). The van der Waals surface area contributed by atoms with Crippen LogP contribution < -0.4 is 5.32 Å². The van der Waals surface area contributed by atoms with E-state index in [0.29, 0.717) is 37.2 Å². The summed E-state index contributed by atoms with van der Waals surface area (Å²) in [5.41, 5.74) is 1.61. The Morgan fingerprint density at radius 1 is 1.45 bits per heavy atom. The van der Waals surface area contributed by atoms with Gasteiger partial charge >= 0.3 is 6.09 Å². The number of nitriles is 1. The monoisotopic (exact) mass is 301 g/mol. The number of carbonyl (C=O) groups is 1. The number of carbonyl (C=O) groups excluding carboxylic acids is 1. The fourth-order valence-corrected chi connectivity index (χ4v) is 2.45. The number of hydrogen-bond acceptors (Lipinski definition) is 4. The maximum atomic E-state index is 11.9. The molecule has 22 heavy (non-hydrogen) atoms. The summed E-state index contributed by atoms with van der Waals surface area (Å²) in [4.78, 5) is 13.7. The van der Waals surface area contributed by atoms with E-state index in [-0.39, 0.29) is 6.09 Å². The highest BCUT2D eigenvalue weighted by molar-refractivity contribution is 5.67. The van der Waals surface area contributed by atoms with Crippen molar-refractivity contribution >= 4 is 11.8 Å². The van der Waals surface area contributed by atoms with Crippen LogP contribution in [0.4, 0.5) is 10.5 Å². The molecular formula is C17H23N3O2. The molecule has 1 aliphatic heterocycles. The van der Waals surface area contributed by atoms with Crippen molar-refractivity contribution in [3.05, 3.63) is 29.8 Å². The van der Waals surface area contributed by atoms with Gasteiger partial charge in [0, 0.05) is 24.8 Å². The average molecular weight is 301 g/mol. The Labute approximate surface area is 131 Å². The Morgan fingerprint density at radius 3 is 2.82 bits per heavy atom. The van der Waals surface area contributed by atoms with Crippen molar-refractivity contribution in [1.29, 1.82) is 5.26 Å². The SMILES string of the molecule is CC(C)COC(=O)N1CCC(Nc2cccc(C#N)c2)CC1. The van der Waals surface area contributed by atoms with Crippen LogP contribution in [0.3, 0.4) is 0 Å². The fourth-order valence-electron chi connectivity index (χ4n) is 2.45. The van der Waals surface area contributed by atoms with Crippen LogP contribution in [0.1, 0.15) is 32.3 Å². The number of benzene rings is 1. The van der Waals surface area contributed by atoms with Crippen LogP contribution in [0.5, 0.6) is 0 Å². The summed E-state index contributed by atoms with van der Waals surface area (Å²) in [7, 11) is 0. The molecule has 0 saturated carbocycles. The zero-order valence-electron chi connectivity index (χ0n) is 13.2. The number of likely N-dealkylation sites (tertiary alicyclic amines) is 1. The summed E-state index contributed by atoms with van der Waals surface area (Å²) in [6, 6.07) is 9.94. The Bertz CT molecular complexity index is 543. The van der Waals surface area contributed by atoms with Gasteiger partial charge in [-0.25, -0.2) is 4.79 Å². The van der Waals surface area contributed by atoms with Crippen molar-refractivity contribution in [3.63, 3.8) is 0 Å². The second-order valence-corrected chi connectivity index (χ2v) is 6.07. The van der Waals surface area contributed by atoms with E-state index in [9.17, 15) is 4.79 Å². The maximum absolute atomic E-state index is 11.9. The maximum Gasteiger partial charge on any atom is 0.409 e. The predicted octanol–water partition coefficient (Wildman–Crippen LogP) is 3.23. The molecule has 1 aromatic rings. The zero-order valence-corrected chi connectivity index (χ0v) is 13.2. The highest BCUT2D eigenvalue weighted by Gasteiger charge is 2.23. The lowest BCUT2D eigenvalue weighted by molar-refractivity contribution is 0.0845. The van der Waals surface area contributed by atoms with E-state index in [0.717, 1.165) is 18.5 Å². The van der Waals surface area contributed by atoms with Crippen molar-refractivity contribution in [2.45, 2.75) is 32.7 Å². The first-order valence-corrected chi connectivity index (χ1v) is 7.77. The zero-order chi connectivity index (χ0) is 15.9. The molecule has 1 amide bonds. The second-order valence-electron chi connectivity index (χ2n) is 6.07. The van der Waals surface area contributed by atoms with Gasteiger partial charge in [0.25, 0.3) is 0 Å². The van der Waals surface area contributed by atoms with Gasteiger partial charge in [-0.15, -0.1) is 0 Å². The molecule has 0 radical (unpaired) electrons. The van der Waals surface area contributed by atoms with Crippen LogP contribution >= 0.6 is 0 Å². The van der Waals surface area contributed by atoms with Crippen LogP contribution in [0.25, 0.3) is 0 Å². The minimum Gasteiger partial charge on any atom is -0.449 e. The Hall–Kier alpha value is -2.22. The molecule has 1 saturated heterocycles. The van der Waals surface area contributed by atoms with Gasteiger partial charge in [-0.05, 0) is 37.0 Å². The van der Waals surface area contributed by atoms with E-state index < -0.39 is 0 Å². The molecule has 1 N–H and O–H groups in total. The van der Waals surface area contributed by atoms with Crippen LogP contribution in [0.15, 0.2) is 24.3 Å². The third kappa shape index (κ3) is 4.66. The molecule has 0 spiro atoms. The topological polar surface area (TPSA) is 65.4 Å². The lowest BCUT2D eigenvalue weighted by Gasteiger charge is -2.32. The Balaban J connectivity index is 1.79. The summed E-state index contributed by atoms with van der Waals surface area (Å²) in [6.07, 6.45) is 1.56. The van der Waals surface area contributed by atoms with E-state index in [2.05, 4.69) is 11.4 Å². The predicted molar refractivity (Wildman–Crippen MR) is 85.6 cm³/mol. The highest BCUT2D eigenvalue weighted by Crippen LogP contribution is 2.18. The van der Waals surface area contributed by atoms with Crippen LogP contribution in [-0.4, -0.2) is 36.7 Å². The standard InChI is InChI=1S/C17H23N3O2/c1-13(2)12-22-17(21)20-8-6-15(7-9-20)19-16-5-3-4-14(10-16)11-18/h3-5,10,13,15,19H,6-9,12H2,1-2H3. The number of hydrogen-bond donors (Lipinski definition) is 1. The third-order valence-corrected chi connectivity index (χ3v) is 3.66. The number of anilines is 1. The van der Waals surface area contributed by atoms with E-state index in [1.807, 2.05) is 32.0 Å². The first-order valence-electron chi connectivity index (χ1n) is 7.77. The molecule has 5 nitrogen and oxygen atoms in total. The summed E-state index contributed by atoms with van der Waals surface area (Å²) in [5.74, 6) is 0.357. The van der Waals surface area contributed by atoms with Crippen LogP contribution in [0, 0.1) is 17.2 Å². The molecule has 0 unspecified atom stereocenters. The van der Waals surface area contributed by atoms with Gasteiger partial charge in [0.2, 0.25) is 0 Å². The summed E-state index contributed by atoms with van der Waals surface area (Å²) >= 11 is 0. The van der Waals surface area contributed by atoms with Crippen molar-refractivity contribution < 1.29 is 9.53 Å². The molecule has 1 heterocycles. The van der Waals surface area contributed by atoms with Gasteiger partial charge < -0.3 is 15.0 Å². The molecule has 118 valence electrons. The highest BCUT2D eigenvalue weighted by atomic mass is 16.6. The number of rotatable bonds is 4. The van der Waals surface area contributed by atoms with E-state index in [1.165, 1.54) is 0 Å². The molecule has 1 aromatic carbocycles. The minimum absolute atomic E-state index is 0.210. The number of nitrogens with zero attached hydrogens (tertiary/aromatic N) is 2. The quantitative estimate of drug-likeness (QED) is 0.927. The molecule has 1 fully saturated rings. The number of ether oxygens (including phenoxy) is 1. The van der Waals surface area contributed by atoms with E-state index in [1.54, 1.807) is 11.0 Å². The average Bonchev–Trinajstić information content (AvgIpc) is 2.53. The number of nitrogens with one attached hydrogen (secondary N) is 1. The molecule has 0 atom stereocenters. The first-order chi connectivity index (χ1) is 10.6. The van der Waals surface area contributed by atoms with Gasteiger partial charge in [-0.2, -0.15) is 5.26 Å². The smallest absolute Gasteiger partial charge is 0.409 e. The third-order valence-electron chi connectivity index (χ3n) is 3.66. The summed E-state index contributed by atoms with van der Waals surface area (Å²) < 4.78 is 5.26. The molecular weight excluding hydrogens is 278 g/mol. The molecule has 0 bridgehead atoms. The molecule has 0 aromatic heterocycles. The normalized spacial score (nSPS) is 15.5. The fraction of sp³-hybridized carbons (Fsp3) is 0.529. The second kappa shape index (κ2) is 7.69. The van der Waals surface area contributed by atoms with Crippen LogP contribution in [0.2, 0.25) is 0 Å². The molecule has 1 aliphatic rings. The molecule has 0 aliphatic carbocycles. The van der Waals surface area contributed by atoms with Gasteiger partial charge in [-0.1, -0.05) is 19.9 Å². The number of amides is 1. The Kier molecular flexibility index (Phi) is 5.65.